The van der Waals surface area contributed by atoms with Crippen LogP contribution >= 0.6 is 0 Å². The Morgan fingerprint density at radius 3 is 2.31 bits per heavy atom. The largest absolute Gasteiger partial charge is 0.494 e. The van der Waals surface area contributed by atoms with E-state index >= 15 is 0 Å². The maximum absolute atomic E-state index is 12.1. The summed E-state index contributed by atoms with van der Waals surface area (Å²) in [5.74, 6) is 0.556. The summed E-state index contributed by atoms with van der Waals surface area (Å²) in [7, 11) is 0. The van der Waals surface area contributed by atoms with Crippen molar-refractivity contribution in [1.29, 1.82) is 0 Å². The van der Waals surface area contributed by atoms with Crippen LogP contribution in [0.3, 0.4) is 0 Å². The van der Waals surface area contributed by atoms with Crippen LogP contribution in [0.1, 0.15) is 25.0 Å². The van der Waals surface area contributed by atoms with Crippen molar-refractivity contribution in [2.24, 2.45) is 0 Å². The van der Waals surface area contributed by atoms with Crippen molar-refractivity contribution in [2.75, 3.05) is 6.61 Å². The molecule has 0 fully saturated rings. The van der Waals surface area contributed by atoms with Gasteiger partial charge in [0, 0.05) is 0 Å². The van der Waals surface area contributed by atoms with Crippen LogP contribution in [0, 0.1) is 6.92 Å². The van der Waals surface area contributed by atoms with E-state index in [1.165, 1.54) is 0 Å². The van der Waals surface area contributed by atoms with Gasteiger partial charge in [-0.05, 0) is 56.2 Å². The van der Waals surface area contributed by atoms with Gasteiger partial charge in [-0.15, -0.1) is 0 Å². The van der Waals surface area contributed by atoms with Gasteiger partial charge in [0.25, 0.3) is 5.91 Å². The van der Waals surface area contributed by atoms with Gasteiger partial charge in [-0.2, -0.15) is 0 Å². The molecule has 0 unspecified atom stereocenters. The van der Waals surface area contributed by atoms with Crippen molar-refractivity contribution in [3.63, 3.8) is 0 Å². The van der Waals surface area contributed by atoms with E-state index in [9.17, 15) is 9.59 Å². The van der Waals surface area contributed by atoms with Crippen LogP contribution in [0.25, 0.3) is 0 Å². The number of carbonyl (C=O) groups is 2. The van der Waals surface area contributed by atoms with E-state index in [1.54, 1.807) is 31.2 Å². The summed E-state index contributed by atoms with van der Waals surface area (Å²) >= 11 is 0. The van der Waals surface area contributed by atoms with E-state index < -0.39 is 12.0 Å². The van der Waals surface area contributed by atoms with Gasteiger partial charge in [-0.1, -0.05) is 24.3 Å². The molecule has 2 N–H and O–H groups in total. The summed E-state index contributed by atoms with van der Waals surface area (Å²) in [4.78, 5) is 24.0. The molecule has 0 aliphatic rings. The van der Waals surface area contributed by atoms with Gasteiger partial charge in [0.15, 0.2) is 6.10 Å². The Bertz CT molecular complexity index is 744. The molecule has 0 heterocycles. The lowest BCUT2D eigenvalue weighted by Gasteiger charge is -2.15. The Morgan fingerprint density at radius 1 is 1.00 bits per heavy atom. The summed E-state index contributed by atoms with van der Waals surface area (Å²) < 4.78 is 10.9. The lowest BCUT2D eigenvalue weighted by molar-refractivity contribution is -0.132. The van der Waals surface area contributed by atoms with Gasteiger partial charge in [0.05, 0.1) is 13.0 Å². The number of carbonyl (C=O) groups excluding carboxylic acids is 2. The van der Waals surface area contributed by atoms with Gasteiger partial charge in [0.2, 0.25) is 5.91 Å². The summed E-state index contributed by atoms with van der Waals surface area (Å²) in [6, 6.07) is 14.6. The number of benzene rings is 2. The van der Waals surface area contributed by atoms with Crippen LogP contribution in [0.15, 0.2) is 48.5 Å². The zero-order valence-corrected chi connectivity index (χ0v) is 15.2. The summed E-state index contributed by atoms with van der Waals surface area (Å²) in [5.41, 5.74) is 6.74. The van der Waals surface area contributed by atoms with Crippen LogP contribution in [0.4, 0.5) is 0 Å². The summed E-state index contributed by atoms with van der Waals surface area (Å²) in [5, 5.41) is 0. The Kier molecular flexibility index (Phi) is 7.02. The fraction of sp³-hybridized carbons (Fsp3) is 0.300. The minimum atomic E-state index is -0.758. The summed E-state index contributed by atoms with van der Waals surface area (Å²) in [6.07, 6.45) is -0.562. The predicted molar refractivity (Wildman–Crippen MR) is 98.9 cm³/mol. The van der Waals surface area contributed by atoms with Crippen molar-refractivity contribution in [3.8, 4) is 11.5 Å². The van der Waals surface area contributed by atoms with E-state index in [0.29, 0.717) is 12.4 Å². The highest BCUT2D eigenvalue weighted by atomic mass is 16.5. The molecule has 0 spiro atoms. The minimum Gasteiger partial charge on any atom is -0.494 e. The van der Waals surface area contributed by atoms with Crippen LogP contribution in [-0.4, -0.2) is 24.5 Å². The van der Waals surface area contributed by atoms with Gasteiger partial charge in [-0.25, -0.2) is 0 Å². The molecular formula is C20H24N2O4. The molecule has 138 valence electrons. The fourth-order valence-corrected chi connectivity index (χ4v) is 2.30. The first kappa shape index (κ1) is 19.3. The lowest BCUT2D eigenvalue weighted by atomic mass is 10.1. The lowest BCUT2D eigenvalue weighted by Crippen LogP contribution is -2.47. The number of ether oxygens (including phenoxy) is 2. The van der Waals surface area contributed by atoms with Crippen molar-refractivity contribution in [2.45, 2.75) is 33.3 Å². The number of nitrogens with one attached hydrogen (secondary N) is 2. The molecule has 0 radical (unpaired) electrons. The molecule has 0 aliphatic carbocycles. The molecule has 0 aliphatic heterocycles. The van der Waals surface area contributed by atoms with Crippen molar-refractivity contribution in [1.82, 2.24) is 10.9 Å². The zero-order chi connectivity index (χ0) is 18.9. The molecule has 0 saturated carbocycles. The highest BCUT2D eigenvalue weighted by Crippen LogP contribution is 2.18. The van der Waals surface area contributed by atoms with Gasteiger partial charge < -0.3 is 9.47 Å². The van der Waals surface area contributed by atoms with Crippen molar-refractivity contribution < 1.29 is 19.1 Å². The average molecular weight is 356 g/mol. The molecule has 2 amide bonds. The Labute approximate surface area is 153 Å². The third-order valence-electron chi connectivity index (χ3n) is 3.75. The number of amides is 2. The van der Waals surface area contributed by atoms with Crippen LogP contribution in [0.2, 0.25) is 0 Å². The van der Waals surface area contributed by atoms with E-state index in [-0.39, 0.29) is 12.3 Å². The van der Waals surface area contributed by atoms with Crippen molar-refractivity contribution in [3.05, 3.63) is 59.7 Å². The quantitative estimate of drug-likeness (QED) is 0.748. The molecule has 0 aromatic heterocycles. The van der Waals surface area contributed by atoms with E-state index in [1.807, 2.05) is 38.1 Å². The molecule has 6 heteroatoms. The zero-order valence-electron chi connectivity index (χ0n) is 15.2. The van der Waals surface area contributed by atoms with Crippen molar-refractivity contribution >= 4 is 11.8 Å². The van der Waals surface area contributed by atoms with Crippen LogP contribution in [0.5, 0.6) is 11.5 Å². The number of aryl methyl sites for hydroxylation is 1. The maximum Gasteiger partial charge on any atom is 0.279 e. The highest BCUT2D eigenvalue weighted by Gasteiger charge is 2.15. The standard InChI is InChI=1S/C20H24N2O4/c1-4-25-17-9-11-18(12-10-17)26-15(3)20(24)22-21-19(23)13-16-8-6-5-7-14(16)2/h5-12,15H,4,13H2,1-3H3,(H,21,23)(H,22,24)/t15-/m1/s1. The highest BCUT2D eigenvalue weighted by molar-refractivity contribution is 5.85. The summed E-state index contributed by atoms with van der Waals surface area (Å²) in [6.45, 7) is 6.04. The van der Waals surface area contributed by atoms with E-state index in [0.717, 1.165) is 16.9 Å². The van der Waals surface area contributed by atoms with Gasteiger partial charge >= 0.3 is 0 Å². The maximum atomic E-state index is 12.1. The second-order valence-electron chi connectivity index (χ2n) is 5.81. The minimum absolute atomic E-state index is 0.196. The molecule has 0 bridgehead atoms. The smallest absolute Gasteiger partial charge is 0.279 e. The monoisotopic (exact) mass is 356 g/mol. The Hall–Kier alpha value is -3.02. The molecule has 1 atom stereocenters. The van der Waals surface area contributed by atoms with Crippen LogP contribution in [-0.2, 0) is 16.0 Å². The molecule has 6 nitrogen and oxygen atoms in total. The van der Waals surface area contributed by atoms with Gasteiger partial charge in [-0.3, -0.25) is 20.4 Å². The number of rotatable bonds is 7. The van der Waals surface area contributed by atoms with E-state index in [2.05, 4.69) is 10.9 Å². The first-order chi connectivity index (χ1) is 12.5. The van der Waals surface area contributed by atoms with Crippen LogP contribution < -0.4 is 20.3 Å². The first-order valence-electron chi connectivity index (χ1n) is 8.52. The second-order valence-corrected chi connectivity index (χ2v) is 5.81. The van der Waals surface area contributed by atoms with Gasteiger partial charge in [0.1, 0.15) is 11.5 Å². The predicted octanol–water partition coefficient (Wildman–Crippen LogP) is 2.55. The second kappa shape index (κ2) is 9.46. The third kappa shape index (κ3) is 5.81. The molecule has 0 saturated heterocycles. The number of hydrogen-bond acceptors (Lipinski definition) is 4. The topological polar surface area (TPSA) is 76.7 Å². The average Bonchev–Trinajstić information content (AvgIpc) is 2.63. The first-order valence-corrected chi connectivity index (χ1v) is 8.52. The fourth-order valence-electron chi connectivity index (χ4n) is 2.30. The third-order valence-corrected chi connectivity index (χ3v) is 3.75. The number of hydrogen-bond donors (Lipinski definition) is 2. The normalized spacial score (nSPS) is 11.3. The Balaban J connectivity index is 1.79. The molecule has 2 rings (SSSR count). The molecule has 2 aromatic carbocycles. The number of hydrazine groups is 1. The van der Waals surface area contributed by atoms with E-state index in [4.69, 9.17) is 9.47 Å². The Morgan fingerprint density at radius 2 is 1.65 bits per heavy atom. The molecule has 26 heavy (non-hydrogen) atoms. The SMILES string of the molecule is CCOc1ccc(O[C@H](C)C(=O)NNC(=O)Cc2ccccc2C)cc1. The molecule has 2 aromatic rings. The molecular weight excluding hydrogens is 332 g/mol.